The molecule has 0 saturated heterocycles. The number of ether oxygens (including phenoxy) is 3. The van der Waals surface area contributed by atoms with E-state index in [1.54, 1.807) is 32.4 Å². The average molecular weight is 282 g/mol. The lowest BCUT2D eigenvalue weighted by Crippen LogP contribution is -2.28. The maximum absolute atomic E-state index is 11.4. The van der Waals surface area contributed by atoms with Crippen LogP contribution in [0.1, 0.15) is 12.8 Å². The minimum Gasteiger partial charge on any atom is -0.496 e. The molecule has 1 aromatic rings. The highest BCUT2D eigenvalue weighted by atomic mass is 16.5. The first-order chi connectivity index (χ1) is 9.69. The number of carbonyl (C=O) groups excluding carboxylic acids is 1. The van der Waals surface area contributed by atoms with Gasteiger partial charge in [0.1, 0.15) is 23.9 Å². The predicted octanol–water partition coefficient (Wildman–Crippen LogP) is 0.938. The van der Waals surface area contributed by atoms with Gasteiger partial charge in [-0.15, -0.1) is 0 Å². The fraction of sp³-hybridized carbons (Fsp3) is 0.500. The minimum atomic E-state index is -0.0118. The number of amides is 1. The van der Waals surface area contributed by atoms with Crippen molar-refractivity contribution >= 4 is 5.91 Å². The molecule has 112 valence electrons. The molecule has 1 rings (SSSR count). The molecule has 0 bridgehead atoms. The first-order valence-corrected chi connectivity index (χ1v) is 6.52. The molecule has 0 unspecified atom stereocenters. The third-order valence-electron chi connectivity index (χ3n) is 2.63. The van der Waals surface area contributed by atoms with Crippen LogP contribution in [0.25, 0.3) is 0 Å². The molecule has 0 radical (unpaired) electrons. The smallest absolute Gasteiger partial charge is 0.220 e. The van der Waals surface area contributed by atoms with Crippen LogP contribution in [-0.2, 0) is 4.79 Å². The Hall–Kier alpha value is -1.95. The van der Waals surface area contributed by atoms with Crippen molar-refractivity contribution in [2.24, 2.45) is 5.73 Å². The maximum atomic E-state index is 11.4. The van der Waals surface area contributed by atoms with Crippen LogP contribution in [0.4, 0.5) is 0 Å². The van der Waals surface area contributed by atoms with Gasteiger partial charge in [0.05, 0.1) is 20.8 Å². The molecule has 6 heteroatoms. The molecule has 0 aliphatic heterocycles. The summed E-state index contributed by atoms with van der Waals surface area (Å²) in [6, 6.07) is 5.29. The lowest BCUT2D eigenvalue weighted by Gasteiger charge is -2.10. The van der Waals surface area contributed by atoms with Gasteiger partial charge in [-0.25, -0.2) is 0 Å². The fourth-order valence-corrected chi connectivity index (χ4v) is 1.58. The van der Waals surface area contributed by atoms with Crippen LogP contribution in [0.5, 0.6) is 17.2 Å². The van der Waals surface area contributed by atoms with Gasteiger partial charge in [0.15, 0.2) is 0 Å². The van der Waals surface area contributed by atoms with Gasteiger partial charge in [0.25, 0.3) is 0 Å². The molecule has 0 aliphatic rings. The fourth-order valence-electron chi connectivity index (χ4n) is 1.58. The molecule has 3 N–H and O–H groups in total. The van der Waals surface area contributed by atoms with Crippen molar-refractivity contribution in [1.29, 1.82) is 0 Å². The maximum Gasteiger partial charge on any atom is 0.220 e. The summed E-state index contributed by atoms with van der Waals surface area (Å²) in [7, 11) is 3.16. The Morgan fingerprint density at radius 3 is 2.30 bits per heavy atom. The van der Waals surface area contributed by atoms with Crippen molar-refractivity contribution in [3.8, 4) is 17.2 Å². The van der Waals surface area contributed by atoms with Crippen molar-refractivity contribution in [2.45, 2.75) is 12.8 Å². The Kier molecular flexibility index (Phi) is 7.27. The monoisotopic (exact) mass is 282 g/mol. The second kappa shape index (κ2) is 9.03. The Morgan fingerprint density at radius 1 is 1.15 bits per heavy atom. The van der Waals surface area contributed by atoms with Crippen LogP contribution >= 0.6 is 0 Å². The quantitative estimate of drug-likeness (QED) is 0.659. The molecule has 0 aromatic heterocycles. The Labute approximate surface area is 119 Å². The standard InChI is InChI=1S/C14H22N2O4/c1-18-11-8-12(19-2)10-13(9-11)20-7-6-16-14(17)4-3-5-15/h8-10H,3-7,15H2,1-2H3,(H,16,17). The predicted molar refractivity (Wildman–Crippen MR) is 76.3 cm³/mol. The van der Waals surface area contributed by atoms with Crippen LogP contribution in [0.3, 0.4) is 0 Å². The molecule has 0 saturated carbocycles. The minimum absolute atomic E-state index is 0.0118. The van der Waals surface area contributed by atoms with Gasteiger partial charge in [-0.3, -0.25) is 4.79 Å². The summed E-state index contributed by atoms with van der Waals surface area (Å²) in [5, 5.41) is 2.76. The first-order valence-electron chi connectivity index (χ1n) is 6.52. The molecule has 20 heavy (non-hydrogen) atoms. The zero-order valence-electron chi connectivity index (χ0n) is 12.0. The number of nitrogens with two attached hydrogens (primary N) is 1. The summed E-state index contributed by atoms with van der Waals surface area (Å²) in [5.41, 5.74) is 5.33. The van der Waals surface area contributed by atoms with Gasteiger partial charge in [-0.2, -0.15) is 0 Å². The highest BCUT2D eigenvalue weighted by Crippen LogP contribution is 2.27. The van der Waals surface area contributed by atoms with Gasteiger partial charge in [0.2, 0.25) is 5.91 Å². The van der Waals surface area contributed by atoms with E-state index in [4.69, 9.17) is 19.9 Å². The van der Waals surface area contributed by atoms with Crippen molar-refractivity contribution in [2.75, 3.05) is 33.9 Å². The molecular formula is C14H22N2O4. The zero-order valence-corrected chi connectivity index (χ0v) is 12.0. The van der Waals surface area contributed by atoms with E-state index in [1.807, 2.05) is 0 Å². The van der Waals surface area contributed by atoms with Crippen molar-refractivity contribution in [3.05, 3.63) is 18.2 Å². The molecule has 1 aromatic carbocycles. The Morgan fingerprint density at radius 2 is 1.75 bits per heavy atom. The molecule has 0 aliphatic carbocycles. The van der Waals surface area contributed by atoms with E-state index in [2.05, 4.69) is 5.32 Å². The first kappa shape index (κ1) is 16.1. The SMILES string of the molecule is COc1cc(OC)cc(OCCNC(=O)CCCN)c1. The molecular weight excluding hydrogens is 260 g/mol. The summed E-state index contributed by atoms with van der Waals surface area (Å²) in [6.45, 7) is 1.35. The van der Waals surface area contributed by atoms with E-state index in [9.17, 15) is 4.79 Å². The number of methoxy groups -OCH3 is 2. The van der Waals surface area contributed by atoms with E-state index < -0.39 is 0 Å². The van der Waals surface area contributed by atoms with Crippen LogP contribution in [0, 0.1) is 0 Å². The van der Waals surface area contributed by atoms with Crippen LogP contribution in [0.15, 0.2) is 18.2 Å². The number of hydrogen-bond acceptors (Lipinski definition) is 5. The van der Waals surface area contributed by atoms with E-state index >= 15 is 0 Å². The lowest BCUT2D eigenvalue weighted by atomic mass is 10.3. The summed E-state index contributed by atoms with van der Waals surface area (Å²) >= 11 is 0. The number of rotatable bonds is 9. The van der Waals surface area contributed by atoms with Gasteiger partial charge < -0.3 is 25.3 Å². The number of carbonyl (C=O) groups is 1. The van der Waals surface area contributed by atoms with E-state index in [-0.39, 0.29) is 5.91 Å². The normalized spacial score (nSPS) is 9.95. The van der Waals surface area contributed by atoms with Gasteiger partial charge in [-0.05, 0) is 13.0 Å². The van der Waals surface area contributed by atoms with E-state index in [1.165, 1.54) is 0 Å². The van der Waals surface area contributed by atoms with Crippen LogP contribution < -0.4 is 25.3 Å². The lowest BCUT2D eigenvalue weighted by molar-refractivity contribution is -0.121. The summed E-state index contributed by atoms with van der Waals surface area (Å²) in [4.78, 5) is 11.4. The van der Waals surface area contributed by atoms with Crippen molar-refractivity contribution in [1.82, 2.24) is 5.32 Å². The summed E-state index contributed by atoms with van der Waals surface area (Å²) in [6.07, 6.45) is 1.14. The molecule has 0 atom stereocenters. The summed E-state index contributed by atoms with van der Waals surface area (Å²) < 4.78 is 15.8. The highest BCUT2D eigenvalue weighted by Gasteiger charge is 2.03. The Bertz CT molecular complexity index is 401. The van der Waals surface area contributed by atoms with Crippen molar-refractivity contribution < 1.29 is 19.0 Å². The topological polar surface area (TPSA) is 82.8 Å². The van der Waals surface area contributed by atoms with E-state index in [0.29, 0.717) is 49.8 Å². The average Bonchev–Trinajstić information content (AvgIpc) is 2.49. The zero-order chi connectivity index (χ0) is 14.8. The molecule has 1 amide bonds. The molecule has 6 nitrogen and oxygen atoms in total. The number of benzene rings is 1. The highest BCUT2D eigenvalue weighted by molar-refractivity contribution is 5.75. The van der Waals surface area contributed by atoms with Crippen LogP contribution in [0.2, 0.25) is 0 Å². The van der Waals surface area contributed by atoms with Gasteiger partial charge >= 0.3 is 0 Å². The largest absolute Gasteiger partial charge is 0.496 e. The third kappa shape index (κ3) is 5.79. The third-order valence-corrected chi connectivity index (χ3v) is 2.63. The molecule has 0 spiro atoms. The van der Waals surface area contributed by atoms with Gasteiger partial charge in [-0.1, -0.05) is 0 Å². The summed E-state index contributed by atoms with van der Waals surface area (Å²) in [5.74, 6) is 1.94. The van der Waals surface area contributed by atoms with Gasteiger partial charge in [0, 0.05) is 24.6 Å². The van der Waals surface area contributed by atoms with Crippen molar-refractivity contribution in [3.63, 3.8) is 0 Å². The number of nitrogens with one attached hydrogen (secondary N) is 1. The number of hydrogen-bond donors (Lipinski definition) is 2. The van der Waals surface area contributed by atoms with E-state index in [0.717, 1.165) is 0 Å². The molecule has 0 heterocycles. The van der Waals surface area contributed by atoms with Crippen LogP contribution in [-0.4, -0.2) is 39.8 Å². The second-order valence-corrected chi connectivity index (χ2v) is 4.14. The second-order valence-electron chi connectivity index (χ2n) is 4.14. The Balaban J connectivity index is 2.36. The molecule has 0 fully saturated rings.